The van der Waals surface area contributed by atoms with Crippen molar-refractivity contribution < 1.29 is 22.7 Å². The molecule has 0 bridgehead atoms. The Bertz CT molecular complexity index is 880. The van der Waals surface area contributed by atoms with Crippen molar-refractivity contribution >= 4 is 16.7 Å². The maximum atomic E-state index is 14.1. The molecule has 0 aromatic heterocycles. The van der Waals surface area contributed by atoms with Crippen LogP contribution in [0.4, 0.5) is 13.2 Å². The van der Waals surface area contributed by atoms with Crippen LogP contribution in [0.2, 0.25) is 0 Å². The third-order valence-corrected chi connectivity index (χ3v) is 5.27. The van der Waals surface area contributed by atoms with E-state index in [0.717, 1.165) is 24.3 Å². The topological polar surface area (TPSA) is 41.6 Å². The molecule has 158 valence electrons. The summed E-state index contributed by atoms with van der Waals surface area (Å²) in [5, 5.41) is 2.12. The largest absolute Gasteiger partial charge is 0.493 e. The number of amides is 1. The molecule has 1 amide bonds. The van der Waals surface area contributed by atoms with E-state index in [1.165, 1.54) is 6.07 Å². The van der Waals surface area contributed by atoms with Crippen LogP contribution < -0.4 is 10.2 Å². The second-order valence-corrected chi connectivity index (χ2v) is 8.15. The predicted octanol–water partition coefficient (Wildman–Crippen LogP) is 5.39. The highest BCUT2D eigenvalue weighted by atomic mass is 19.4. The first-order valence-electron chi connectivity index (χ1n) is 9.94. The Labute approximate surface area is 169 Å². The molecule has 2 aromatic rings. The van der Waals surface area contributed by atoms with Gasteiger partial charge in [-0.25, -0.2) is 5.01 Å². The molecular formula is C22H27F3N2O2. The second kappa shape index (κ2) is 8.22. The third-order valence-electron chi connectivity index (χ3n) is 5.27. The van der Waals surface area contributed by atoms with Gasteiger partial charge in [-0.3, -0.25) is 10.2 Å². The average Bonchev–Trinajstić information content (AvgIpc) is 2.91. The Morgan fingerprint density at radius 1 is 1.14 bits per heavy atom. The highest BCUT2D eigenvalue weighted by Crippen LogP contribution is 2.44. The van der Waals surface area contributed by atoms with Crippen LogP contribution in [-0.4, -0.2) is 30.2 Å². The molecule has 4 nitrogen and oxygen atoms in total. The van der Waals surface area contributed by atoms with Gasteiger partial charge in [-0.1, -0.05) is 50.1 Å². The zero-order valence-electron chi connectivity index (χ0n) is 17.0. The molecule has 0 saturated carbocycles. The molecule has 1 atom stereocenters. The van der Waals surface area contributed by atoms with Crippen molar-refractivity contribution in [3.63, 3.8) is 0 Å². The van der Waals surface area contributed by atoms with Gasteiger partial charge in [-0.15, -0.1) is 0 Å². The van der Waals surface area contributed by atoms with Gasteiger partial charge < -0.3 is 4.74 Å². The summed E-state index contributed by atoms with van der Waals surface area (Å²) in [6, 6.07) is 8.07. The minimum absolute atomic E-state index is 0.0282. The molecule has 1 aliphatic rings. The molecule has 1 saturated heterocycles. The number of rotatable bonds is 7. The van der Waals surface area contributed by atoms with Crippen molar-refractivity contribution in [2.75, 3.05) is 13.2 Å². The summed E-state index contributed by atoms with van der Waals surface area (Å²) < 4.78 is 48.2. The SMILES string of the molecule is CCCCCOc1ccc(C(N2CC(C)(C)C(=O)N2)C(F)(F)F)c2ccccc12. The summed E-state index contributed by atoms with van der Waals surface area (Å²) in [5.41, 5.74) is 1.64. The number of hydrogen-bond donors (Lipinski definition) is 1. The van der Waals surface area contributed by atoms with E-state index < -0.39 is 23.5 Å². The van der Waals surface area contributed by atoms with Crippen molar-refractivity contribution in [3.05, 3.63) is 42.0 Å². The van der Waals surface area contributed by atoms with E-state index >= 15 is 0 Å². The lowest BCUT2D eigenvalue weighted by molar-refractivity contribution is -0.191. The highest BCUT2D eigenvalue weighted by molar-refractivity contribution is 5.91. The van der Waals surface area contributed by atoms with Crippen molar-refractivity contribution in [1.29, 1.82) is 0 Å². The van der Waals surface area contributed by atoms with Crippen LogP contribution in [0.5, 0.6) is 5.75 Å². The van der Waals surface area contributed by atoms with Gasteiger partial charge in [-0.2, -0.15) is 13.2 Å². The zero-order chi connectivity index (χ0) is 21.2. The number of carbonyl (C=O) groups is 1. The van der Waals surface area contributed by atoms with Crippen LogP contribution in [0, 0.1) is 5.41 Å². The lowest BCUT2D eigenvalue weighted by Crippen LogP contribution is -2.43. The van der Waals surface area contributed by atoms with E-state index in [-0.39, 0.29) is 12.1 Å². The van der Waals surface area contributed by atoms with Crippen LogP contribution in [-0.2, 0) is 4.79 Å². The Morgan fingerprint density at radius 2 is 1.83 bits per heavy atom. The predicted molar refractivity (Wildman–Crippen MR) is 106 cm³/mol. The van der Waals surface area contributed by atoms with Crippen LogP contribution in [0.1, 0.15) is 51.6 Å². The smallest absolute Gasteiger partial charge is 0.409 e. The Balaban J connectivity index is 2.01. The van der Waals surface area contributed by atoms with Crippen LogP contribution in [0.25, 0.3) is 10.8 Å². The summed E-state index contributed by atoms with van der Waals surface area (Å²) in [4.78, 5) is 12.1. The number of halogens is 3. The van der Waals surface area contributed by atoms with Gasteiger partial charge in [0.2, 0.25) is 5.91 Å². The Kier molecular flexibility index (Phi) is 6.08. The molecule has 0 aliphatic carbocycles. The van der Waals surface area contributed by atoms with E-state index in [0.29, 0.717) is 23.1 Å². The van der Waals surface area contributed by atoms with E-state index in [2.05, 4.69) is 12.3 Å². The molecule has 29 heavy (non-hydrogen) atoms. The van der Waals surface area contributed by atoms with Crippen LogP contribution in [0.3, 0.4) is 0 Å². The molecule has 7 heteroatoms. The number of alkyl halides is 3. The van der Waals surface area contributed by atoms with Gasteiger partial charge >= 0.3 is 6.18 Å². The lowest BCUT2D eigenvalue weighted by Gasteiger charge is -2.31. The first kappa shape index (κ1) is 21.4. The van der Waals surface area contributed by atoms with Gasteiger partial charge in [0.15, 0.2) is 6.04 Å². The molecule has 1 heterocycles. The number of nitrogens with one attached hydrogen (secondary N) is 1. The number of fused-ring (bicyclic) bond motifs is 1. The minimum atomic E-state index is -4.56. The normalized spacial score (nSPS) is 18.1. The summed E-state index contributed by atoms with van der Waals surface area (Å²) in [7, 11) is 0. The average molecular weight is 408 g/mol. The number of unbranched alkanes of at least 4 members (excludes halogenated alkanes) is 2. The molecule has 1 N–H and O–H groups in total. The number of ether oxygens (including phenoxy) is 1. The third kappa shape index (κ3) is 4.50. The maximum absolute atomic E-state index is 14.1. The molecule has 3 rings (SSSR count). The molecule has 1 unspecified atom stereocenters. The van der Waals surface area contributed by atoms with Gasteiger partial charge in [0, 0.05) is 11.9 Å². The zero-order valence-corrected chi connectivity index (χ0v) is 17.0. The number of nitrogens with zero attached hydrogens (tertiary/aromatic N) is 1. The quantitative estimate of drug-likeness (QED) is 0.625. The number of carbonyl (C=O) groups excluding carboxylic acids is 1. The van der Waals surface area contributed by atoms with Crippen LogP contribution in [0.15, 0.2) is 36.4 Å². The number of hydrazine groups is 1. The van der Waals surface area contributed by atoms with E-state index in [1.54, 1.807) is 44.2 Å². The van der Waals surface area contributed by atoms with Gasteiger partial charge in [0.1, 0.15) is 5.75 Å². The fourth-order valence-corrected chi connectivity index (χ4v) is 3.69. The standard InChI is InChI=1S/C22H27F3N2O2/c1-4-5-8-13-29-18-12-11-17(15-9-6-7-10-16(15)18)19(22(23,24)25)27-14-21(2,3)20(28)26-27/h6-7,9-12,19H,4-5,8,13-14H2,1-3H3,(H,26,28). The van der Waals surface area contributed by atoms with Crippen molar-refractivity contribution in [2.45, 2.75) is 52.3 Å². The van der Waals surface area contributed by atoms with E-state index in [9.17, 15) is 18.0 Å². The minimum Gasteiger partial charge on any atom is -0.493 e. The maximum Gasteiger partial charge on any atom is 0.409 e. The second-order valence-electron chi connectivity index (χ2n) is 8.15. The monoisotopic (exact) mass is 408 g/mol. The van der Waals surface area contributed by atoms with Crippen molar-refractivity contribution in [2.24, 2.45) is 5.41 Å². The Morgan fingerprint density at radius 3 is 2.41 bits per heavy atom. The van der Waals surface area contributed by atoms with Crippen LogP contribution >= 0.6 is 0 Å². The molecule has 0 radical (unpaired) electrons. The first-order chi connectivity index (χ1) is 13.6. The summed E-state index contributed by atoms with van der Waals surface area (Å²) in [6.45, 7) is 5.87. The van der Waals surface area contributed by atoms with E-state index in [4.69, 9.17) is 4.74 Å². The molecule has 0 spiro atoms. The van der Waals surface area contributed by atoms with Crippen molar-refractivity contribution in [1.82, 2.24) is 10.4 Å². The number of hydrogen-bond acceptors (Lipinski definition) is 3. The van der Waals surface area contributed by atoms with Gasteiger partial charge in [-0.05, 0) is 37.3 Å². The van der Waals surface area contributed by atoms with Crippen molar-refractivity contribution in [3.8, 4) is 5.75 Å². The first-order valence-corrected chi connectivity index (χ1v) is 9.94. The lowest BCUT2D eigenvalue weighted by atomic mass is 9.93. The molecule has 1 fully saturated rings. The summed E-state index contributed by atoms with van der Waals surface area (Å²) >= 11 is 0. The van der Waals surface area contributed by atoms with Gasteiger partial charge in [0.25, 0.3) is 0 Å². The summed E-state index contributed by atoms with van der Waals surface area (Å²) in [5.74, 6) is 0.166. The number of benzene rings is 2. The summed E-state index contributed by atoms with van der Waals surface area (Å²) in [6.07, 6.45) is -1.56. The fraction of sp³-hybridized carbons (Fsp3) is 0.500. The molecule has 1 aliphatic heterocycles. The fourth-order valence-electron chi connectivity index (χ4n) is 3.69. The highest BCUT2D eigenvalue weighted by Gasteiger charge is 2.51. The van der Waals surface area contributed by atoms with Gasteiger partial charge in [0.05, 0.1) is 12.0 Å². The van der Waals surface area contributed by atoms with E-state index in [1.807, 2.05) is 0 Å². The molecule has 2 aromatic carbocycles. The Hall–Kier alpha value is -2.28. The molecular weight excluding hydrogens is 381 g/mol.